The highest BCUT2D eigenvalue weighted by atomic mass is 32.2. The Hall–Kier alpha value is -0.350. The van der Waals surface area contributed by atoms with Crippen molar-refractivity contribution in [3.63, 3.8) is 0 Å². The third-order valence-corrected chi connectivity index (χ3v) is 4.96. The third kappa shape index (κ3) is 1.79. The Morgan fingerprint density at radius 1 is 1.31 bits per heavy atom. The number of fused-ring (bicyclic) bond motifs is 2. The summed E-state index contributed by atoms with van der Waals surface area (Å²) in [7, 11) is -1.29. The van der Waals surface area contributed by atoms with Gasteiger partial charge in [-0.05, 0) is 24.7 Å². The van der Waals surface area contributed by atoms with Crippen LogP contribution in [0.1, 0.15) is 12.8 Å². The normalized spacial score (nSPS) is 38.5. The van der Waals surface area contributed by atoms with Crippen LogP contribution in [0, 0.1) is 11.8 Å². The van der Waals surface area contributed by atoms with Crippen LogP contribution in [-0.2, 0) is 10.0 Å². The third-order valence-electron chi connectivity index (χ3n) is 2.98. The van der Waals surface area contributed by atoms with Crippen LogP contribution in [0.2, 0.25) is 0 Å². The van der Waals surface area contributed by atoms with Gasteiger partial charge in [0, 0.05) is 13.6 Å². The van der Waals surface area contributed by atoms with Gasteiger partial charge in [-0.3, -0.25) is 0 Å². The molecule has 1 saturated heterocycles. The number of nitrogens with zero attached hydrogens (tertiary/aromatic N) is 1. The van der Waals surface area contributed by atoms with Crippen molar-refractivity contribution in [2.24, 2.45) is 11.8 Å². The molecular weight excluding hydrogens is 186 g/mol. The highest BCUT2D eigenvalue weighted by Gasteiger charge is 2.30. The monoisotopic (exact) mass is 201 g/mol. The molecular formula is C9H15NO2S. The first-order valence-corrected chi connectivity index (χ1v) is 6.31. The fourth-order valence-electron chi connectivity index (χ4n) is 2.08. The van der Waals surface area contributed by atoms with Crippen LogP contribution in [0.5, 0.6) is 0 Å². The summed E-state index contributed by atoms with van der Waals surface area (Å²) >= 11 is 0. The number of sulfonamides is 1. The van der Waals surface area contributed by atoms with E-state index in [1.165, 1.54) is 4.31 Å². The Morgan fingerprint density at radius 2 is 2.00 bits per heavy atom. The second-order valence-electron chi connectivity index (χ2n) is 4.03. The predicted octanol–water partition coefficient (Wildman–Crippen LogP) is 0.844. The minimum atomic E-state index is -2.97. The van der Waals surface area contributed by atoms with Crippen molar-refractivity contribution in [3.05, 3.63) is 12.2 Å². The average Bonchev–Trinajstić information content (AvgIpc) is 2.46. The number of hydrogen-bond donors (Lipinski definition) is 0. The maximum absolute atomic E-state index is 11.6. The minimum Gasteiger partial charge on any atom is -0.212 e. The van der Waals surface area contributed by atoms with E-state index in [1.807, 2.05) is 0 Å². The SMILES string of the molecule is CN1CCC2C=CC(C2)CS1(=O)=O. The molecule has 2 atom stereocenters. The van der Waals surface area contributed by atoms with Gasteiger partial charge < -0.3 is 0 Å². The molecule has 1 fully saturated rings. The molecule has 2 rings (SSSR count). The largest absolute Gasteiger partial charge is 0.214 e. The quantitative estimate of drug-likeness (QED) is 0.545. The van der Waals surface area contributed by atoms with Crippen LogP contribution in [0.4, 0.5) is 0 Å². The van der Waals surface area contributed by atoms with Gasteiger partial charge in [0.25, 0.3) is 0 Å². The molecule has 0 saturated carbocycles. The van der Waals surface area contributed by atoms with Gasteiger partial charge in [0.05, 0.1) is 5.75 Å². The van der Waals surface area contributed by atoms with E-state index in [0.29, 0.717) is 18.2 Å². The van der Waals surface area contributed by atoms with E-state index in [0.717, 1.165) is 12.8 Å². The minimum absolute atomic E-state index is 0.262. The van der Waals surface area contributed by atoms with Crippen molar-refractivity contribution in [2.45, 2.75) is 12.8 Å². The lowest BCUT2D eigenvalue weighted by molar-refractivity contribution is 0.395. The van der Waals surface area contributed by atoms with Crippen molar-refractivity contribution >= 4 is 10.0 Å². The smallest absolute Gasteiger partial charge is 0.212 e. The molecule has 1 heterocycles. The summed E-state index contributed by atoms with van der Waals surface area (Å²) in [5, 5.41) is 0. The maximum Gasteiger partial charge on any atom is 0.214 e. The van der Waals surface area contributed by atoms with Gasteiger partial charge in [0.15, 0.2) is 0 Å². The molecule has 74 valence electrons. The van der Waals surface area contributed by atoms with E-state index in [-0.39, 0.29) is 5.92 Å². The van der Waals surface area contributed by atoms with E-state index in [1.54, 1.807) is 7.05 Å². The summed E-state index contributed by atoms with van der Waals surface area (Å²) in [5.41, 5.74) is 0. The predicted molar refractivity (Wildman–Crippen MR) is 51.8 cm³/mol. The van der Waals surface area contributed by atoms with Gasteiger partial charge >= 0.3 is 0 Å². The molecule has 0 radical (unpaired) electrons. The fourth-order valence-corrected chi connectivity index (χ4v) is 3.51. The lowest BCUT2D eigenvalue weighted by Crippen LogP contribution is -2.34. The summed E-state index contributed by atoms with van der Waals surface area (Å²) in [6, 6.07) is 0. The van der Waals surface area contributed by atoms with E-state index in [4.69, 9.17) is 0 Å². The molecule has 3 nitrogen and oxygen atoms in total. The van der Waals surface area contributed by atoms with E-state index in [9.17, 15) is 8.42 Å². The van der Waals surface area contributed by atoms with Gasteiger partial charge in [-0.25, -0.2) is 12.7 Å². The van der Waals surface area contributed by atoms with Gasteiger partial charge in [-0.15, -0.1) is 0 Å². The molecule has 2 aliphatic rings. The molecule has 0 spiro atoms. The fraction of sp³-hybridized carbons (Fsp3) is 0.778. The van der Waals surface area contributed by atoms with Crippen molar-refractivity contribution in [3.8, 4) is 0 Å². The van der Waals surface area contributed by atoms with Crippen LogP contribution in [-0.4, -0.2) is 32.1 Å². The summed E-state index contributed by atoms with van der Waals surface area (Å²) < 4.78 is 24.8. The molecule has 1 aliphatic carbocycles. The Bertz CT molecular complexity index is 321. The molecule has 0 amide bonds. The Balaban J connectivity index is 2.22. The van der Waals surface area contributed by atoms with Gasteiger partial charge in [0.2, 0.25) is 10.0 Å². The summed E-state index contributed by atoms with van der Waals surface area (Å²) in [6.07, 6.45) is 6.26. The summed E-state index contributed by atoms with van der Waals surface area (Å²) in [6.45, 7) is 0.671. The van der Waals surface area contributed by atoms with Crippen LogP contribution in [0.3, 0.4) is 0 Å². The summed E-state index contributed by atoms with van der Waals surface area (Å²) in [4.78, 5) is 0. The highest BCUT2D eigenvalue weighted by molar-refractivity contribution is 7.89. The molecule has 1 aliphatic heterocycles. The second-order valence-corrected chi connectivity index (χ2v) is 6.15. The molecule has 2 unspecified atom stereocenters. The van der Waals surface area contributed by atoms with E-state index in [2.05, 4.69) is 12.2 Å². The van der Waals surface area contributed by atoms with E-state index >= 15 is 0 Å². The first kappa shape index (κ1) is 9.21. The molecule has 2 bridgehead atoms. The van der Waals surface area contributed by atoms with Gasteiger partial charge in [-0.1, -0.05) is 12.2 Å². The molecule has 0 aromatic rings. The van der Waals surface area contributed by atoms with Crippen molar-refractivity contribution in [1.82, 2.24) is 4.31 Å². The standard InChI is InChI=1S/C9H15NO2S/c1-10-5-4-8-2-3-9(6-8)7-13(10,11)12/h2-3,8-9H,4-7H2,1H3. The molecule has 13 heavy (non-hydrogen) atoms. The van der Waals surface area contributed by atoms with Crippen molar-refractivity contribution in [1.29, 1.82) is 0 Å². The topological polar surface area (TPSA) is 37.4 Å². The zero-order chi connectivity index (χ0) is 9.47. The van der Waals surface area contributed by atoms with Gasteiger partial charge in [-0.2, -0.15) is 0 Å². The Morgan fingerprint density at radius 3 is 2.77 bits per heavy atom. The lowest BCUT2D eigenvalue weighted by atomic mass is 10.0. The molecule has 0 N–H and O–H groups in total. The first-order valence-electron chi connectivity index (χ1n) is 4.70. The van der Waals surface area contributed by atoms with Crippen LogP contribution in [0.25, 0.3) is 0 Å². The van der Waals surface area contributed by atoms with Crippen molar-refractivity contribution < 1.29 is 8.42 Å². The Kier molecular flexibility index (Phi) is 2.20. The zero-order valence-corrected chi connectivity index (χ0v) is 8.63. The first-order chi connectivity index (χ1) is 6.08. The van der Waals surface area contributed by atoms with Crippen LogP contribution in [0.15, 0.2) is 12.2 Å². The number of hydrogen-bond acceptors (Lipinski definition) is 2. The van der Waals surface area contributed by atoms with Gasteiger partial charge in [0.1, 0.15) is 0 Å². The van der Waals surface area contributed by atoms with Crippen LogP contribution < -0.4 is 0 Å². The molecule has 0 aromatic carbocycles. The Labute approximate surface area is 79.5 Å². The van der Waals surface area contributed by atoms with Crippen LogP contribution >= 0.6 is 0 Å². The van der Waals surface area contributed by atoms with E-state index < -0.39 is 10.0 Å². The second kappa shape index (κ2) is 3.10. The number of rotatable bonds is 0. The maximum atomic E-state index is 11.6. The van der Waals surface area contributed by atoms with Crippen molar-refractivity contribution in [2.75, 3.05) is 19.3 Å². The molecule has 4 heteroatoms. The summed E-state index contributed by atoms with van der Waals surface area (Å²) in [5.74, 6) is 1.18. The zero-order valence-electron chi connectivity index (χ0n) is 7.81. The molecule has 0 aromatic heterocycles. The lowest BCUT2D eigenvalue weighted by Gasteiger charge is -2.23. The number of allylic oxidation sites excluding steroid dienone is 2. The highest BCUT2D eigenvalue weighted by Crippen LogP contribution is 2.30. The average molecular weight is 201 g/mol.